The molecule has 2 aromatic rings. The molecule has 0 spiro atoms. The van der Waals surface area contributed by atoms with Crippen LogP contribution in [0.5, 0.6) is 0 Å². The number of rotatable bonds is 7. The molecule has 3 nitrogen and oxygen atoms in total. The Bertz CT molecular complexity index is 667. The predicted molar refractivity (Wildman–Crippen MR) is 100 cm³/mol. The van der Waals surface area contributed by atoms with Gasteiger partial charge in [-0.25, -0.2) is 0 Å². The molecular weight excluding hydrogens is 296 g/mol. The summed E-state index contributed by atoms with van der Waals surface area (Å²) in [5, 5.41) is 6.33. The number of aryl methyl sites for hydroxylation is 2. The van der Waals surface area contributed by atoms with Gasteiger partial charge in [-0.2, -0.15) is 0 Å². The van der Waals surface area contributed by atoms with E-state index < -0.39 is 0 Å². The van der Waals surface area contributed by atoms with E-state index in [1.165, 1.54) is 22.3 Å². The molecule has 24 heavy (non-hydrogen) atoms. The molecule has 3 heteroatoms. The highest BCUT2D eigenvalue weighted by molar-refractivity contribution is 5.78. The van der Waals surface area contributed by atoms with Gasteiger partial charge in [0, 0.05) is 12.6 Å². The van der Waals surface area contributed by atoms with Crippen LogP contribution in [0.25, 0.3) is 0 Å². The Morgan fingerprint density at radius 1 is 1.04 bits per heavy atom. The van der Waals surface area contributed by atoms with E-state index >= 15 is 0 Å². The van der Waals surface area contributed by atoms with Crippen LogP contribution < -0.4 is 10.6 Å². The maximum atomic E-state index is 12.1. The SMILES string of the molecule is Cc1ccc(C)c(C(C)NCC(=O)NCC(C)c2ccccc2)c1. The second-order valence-electron chi connectivity index (χ2n) is 6.58. The highest BCUT2D eigenvalue weighted by Gasteiger charge is 2.11. The summed E-state index contributed by atoms with van der Waals surface area (Å²) in [7, 11) is 0. The topological polar surface area (TPSA) is 41.1 Å². The average molecular weight is 324 g/mol. The van der Waals surface area contributed by atoms with Gasteiger partial charge in [-0.15, -0.1) is 0 Å². The Morgan fingerprint density at radius 2 is 1.75 bits per heavy atom. The van der Waals surface area contributed by atoms with Crippen molar-refractivity contribution < 1.29 is 4.79 Å². The molecule has 0 saturated heterocycles. The first-order chi connectivity index (χ1) is 11.5. The van der Waals surface area contributed by atoms with E-state index in [1.807, 2.05) is 18.2 Å². The van der Waals surface area contributed by atoms with E-state index in [2.05, 4.69) is 68.7 Å². The molecule has 0 fully saturated rings. The summed E-state index contributed by atoms with van der Waals surface area (Å²) in [4.78, 5) is 12.1. The van der Waals surface area contributed by atoms with Crippen LogP contribution in [0.2, 0.25) is 0 Å². The van der Waals surface area contributed by atoms with E-state index in [9.17, 15) is 4.79 Å². The second-order valence-corrected chi connectivity index (χ2v) is 6.58. The van der Waals surface area contributed by atoms with Gasteiger partial charge in [0.25, 0.3) is 0 Å². The number of hydrogen-bond donors (Lipinski definition) is 2. The van der Waals surface area contributed by atoms with E-state index in [-0.39, 0.29) is 11.9 Å². The number of nitrogens with one attached hydrogen (secondary N) is 2. The minimum absolute atomic E-state index is 0.0370. The molecule has 0 aromatic heterocycles. The van der Waals surface area contributed by atoms with Gasteiger partial charge in [-0.05, 0) is 43.4 Å². The highest BCUT2D eigenvalue weighted by atomic mass is 16.1. The number of hydrogen-bond acceptors (Lipinski definition) is 2. The standard InChI is InChI=1S/C21H28N2O/c1-15-10-11-16(2)20(12-15)18(4)22-14-21(24)23-13-17(3)19-8-6-5-7-9-19/h5-12,17-18,22H,13-14H2,1-4H3,(H,23,24). The largest absolute Gasteiger partial charge is 0.354 e. The van der Waals surface area contributed by atoms with Crippen LogP contribution in [-0.2, 0) is 4.79 Å². The fourth-order valence-corrected chi connectivity index (χ4v) is 2.81. The highest BCUT2D eigenvalue weighted by Crippen LogP contribution is 2.18. The Morgan fingerprint density at radius 3 is 2.46 bits per heavy atom. The molecule has 128 valence electrons. The summed E-state index contributed by atoms with van der Waals surface area (Å²) in [5.74, 6) is 0.349. The van der Waals surface area contributed by atoms with Gasteiger partial charge in [0.05, 0.1) is 6.54 Å². The van der Waals surface area contributed by atoms with Gasteiger partial charge < -0.3 is 10.6 Å². The Labute approximate surface area is 145 Å². The molecule has 0 aliphatic heterocycles. The Hall–Kier alpha value is -2.13. The first kappa shape index (κ1) is 18.2. The molecule has 2 aromatic carbocycles. The summed E-state index contributed by atoms with van der Waals surface area (Å²) in [5.41, 5.74) is 4.99. The van der Waals surface area contributed by atoms with E-state index in [1.54, 1.807) is 0 Å². The zero-order valence-electron chi connectivity index (χ0n) is 15.1. The van der Waals surface area contributed by atoms with Crippen molar-refractivity contribution in [2.75, 3.05) is 13.1 Å². The van der Waals surface area contributed by atoms with Gasteiger partial charge in [0.1, 0.15) is 0 Å². The van der Waals surface area contributed by atoms with Gasteiger partial charge in [-0.3, -0.25) is 4.79 Å². The molecule has 2 unspecified atom stereocenters. The van der Waals surface area contributed by atoms with Crippen LogP contribution >= 0.6 is 0 Å². The zero-order valence-corrected chi connectivity index (χ0v) is 15.1. The van der Waals surface area contributed by atoms with Crippen molar-refractivity contribution in [3.8, 4) is 0 Å². The lowest BCUT2D eigenvalue weighted by molar-refractivity contribution is -0.120. The van der Waals surface area contributed by atoms with Crippen molar-refractivity contribution in [2.45, 2.75) is 39.7 Å². The third kappa shape index (κ3) is 5.20. The van der Waals surface area contributed by atoms with Crippen LogP contribution in [0.1, 0.15) is 48.1 Å². The lowest BCUT2D eigenvalue weighted by atomic mass is 10.00. The molecule has 2 atom stereocenters. The quantitative estimate of drug-likeness (QED) is 0.811. The first-order valence-electron chi connectivity index (χ1n) is 8.59. The van der Waals surface area contributed by atoms with Crippen LogP contribution in [0.4, 0.5) is 0 Å². The molecule has 0 aliphatic rings. The van der Waals surface area contributed by atoms with Gasteiger partial charge in [0.15, 0.2) is 0 Å². The number of carbonyl (C=O) groups excluding carboxylic acids is 1. The van der Waals surface area contributed by atoms with Crippen molar-refractivity contribution >= 4 is 5.91 Å². The van der Waals surface area contributed by atoms with Crippen LogP contribution in [-0.4, -0.2) is 19.0 Å². The average Bonchev–Trinajstić information content (AvgIpc) is 2.60. The maximum absolute atomic E-state index is 12.1. The monoisotopic (exact) mass is 324 g/mol. The predicted octanol–water partition coefficient (Wildman–Crippen LogP) is 3.87. The fourth-order valence-electron chi connectivity index (χ4n) is 2.81. The minimum Gasteiger partial charge on any atom is -0.354 e. The molecule has 0 aliphatic carbocycles. The Balaban J connectivity index is 1.79. The Kier molecular flexibility index (Phi) is 6.56. The summed E-state index contributed by atoms with van der Waals surface area (Å²) in [6.07, 6.45) is 0. The van der Waals surface area contributed by atoms with Crippen molar-refractivity contribution in [3.05, 3.63) is 70.8 Å². The van der Waals surface area contributed by atoms with Gasteiger partial charge >= 0.3 is 0 Å². The lowest BCUT2D eigenvalue weighted by Crippen LogP contribution is -2.36. The van der Waals surface area contributed by atoms with E-state index in [4.69, 9.17) is 0 Å². The number of carbonyl (C=O) groups is 1. The molecule has 1 amide bonds. The molecule has 2 N–H and O–H groups in total. The molecule has 2 rings (SSSR count). The van der Waals surface area contributed by atoms with Crippen LogP contribution in [0.3, 0.4) is 0 Å². The maximum Gasteiger partial charge on any atom is 0.233 e. The fraction of sp³-hybridized carbons (Fsp3) is 0.381. The molecule has 0 heterocycles. The van der Waals surface area contributed by atoms with Gasteiger partial charge in [0.2, 0.25) is 5.91 Å². The normalized spacial score (nSPS) is 13.3. The summed E-state index contributed by atoms with van der Waals surface area (Å²) >= 11 is 0. The van der Waals surface area contributed by atoms with Crippen molar-refractivity contribution in [1.82, 2.24) is 10.6 Å². The number of amides is 1. The minimum atomic E-state index is 0.0370. The van der Waals surface area contributed by atoms with Crippen LogP contribution in [0, 0.1) is 13.8 Å². The number of benzene rings is 2. The van der Waals surface area contributed by atoms with E-state index in [0.717, 1.165) is 0 Å². The first-order valence-corrected chi connectivity index (χ1v) is 8.59. The second kappa shape index (κ2) is 8.65. The summed E-state index contributed by atoms with van der Waals surface area (Å²) in [6, 6.07) is 16.8. The third-order valence-electron chi connectivity index (χ3n) is 4.44. The molecule has 0 radical (unpaired) electrons. The zero-order chi connectivity index (χ0) is 17.5. The van der Waals surface area contributed by atoms with Crippen molar-refractivity contribution in [2.24, 2.45) is 0 Å². The van der Waals surface area contributed by atoms with Crippen molar-refractivity contribution in [1.29, 1.82) is 0 Å². The van der Waals surface area contributed by atoms with E-state index in [0.29, 0.717) is 19.0 Å². The van der Waals surface area contributed by atoms with Gasteiger partial charge in [-0.1, -0.05) is 61.0 Å². The molecular formula is C21H28N2O. The van der Waals surface area contributed by atoms with Crippen molar-refractivity contribution in [3.63, 3.8) is 0 Å². The smallest absolute Gasteiger partial charge is 0.233 e. The summed E-state index contributed by atoms with van der Waals surface area (Å²) < 4.78 is 0. The third-order valence-corrected chi connectivity index (χ3v) is 4.44. The lowest BCUT2D eigenvalue weighted by Gasteiger charge is -2.18. The van der Waals surface area contributed by atoms with Crippen LogP contribution in [0.15, 0.2) is 48.5 Å². The molecule has 0 saturated carbocycles. The molecule has 0 bridgehead atoms. The summed E-state index contributed by atoms with van der Waals surface area (Å²) in [6.45, 7) is 9.41.